The van der Waals surface area contributed by atoms with Crippen LogP contribution in [-0.4, -0.2) is 33.3 Å². The van der Waals surface area contributed by atoms with E-state index in [1.807, 2.05) is 17.7 Å². The van der Waals surface area contributed by atoms with Crippen LogP contribution >= 0.6 is 0 Å². The molecular formula is C22H23N5O3. The van der Waals surface area contributed by atoms with E-state index >= 15 is 0 Å². The van der Waals surface area contributed by atoms with E-state index in [4.69, 9.17) is 0 Å². The van der Waals surface area contributed by atoms with E-state index in [1.54, 1.807) is 36.4 Å². The van der Waals surface area contributed by atoms with Gasteiger partial charge in [-0.3, -0.25) is 14.4 Å². The summed E-state index contributed by atoms with van der Waals surface area (Å²) in [5, 5.41) is 8.12. The van der Waals surface area contributed by atoms with Crippen molar-refractivity contribution < 1.29 is 14.4 Å². The number of aryl methyl sites for hydroxylation is 1. The third kappa shape index (κ3) is 3.63. The second-order valence-corrected chi connectivity index (χ2v) is 7.70. The van der Waals surface area contributed by atoms with Gasteiger partial charge >= 0.3 is 0 Å². The molecule has 3 N–H and O–H groups in total. The fourth-order valence-corrected chi connectivity index (χ4v) is 3.67. The number of carbonyl (C=O) groups is 3. The number of benzene rings is 2. The van der Waals surface area contributed by atoms with Crippen molar-refractivity contribution in [1.29, 1.82) is 0 Å². The van der Waals surface area contributed by atoms with Crippen LogP contribution in [-0.2, 0) is 16.6 Å². The summed E-state index contributed by atoms with van der Waals surface area (Å²) < 4.78 is 2.04. The Kier molecular flexibility index (Phi) is 4.99. The number of carbonyl (C=O) groups excluding carboxylic acids is 3. The first-order valence-corrected chi connectivity index (χ1v) is 9.80. The molecule has 1 aliphatic rings. The number of para-hydroxylation sites is 1. The Balaban J connectivity index is 1.48. The molecule has 154 valence electrons. The van der Waals surface area contributed by atoms with Crippen LogP contribution in [0.3, 0.4) is 0 Å². The van der Waals surface area contributed by atoms with E-state index in [0.29, 0.717) is 16.9 Å². The number of hydrogen-bond acceptors (Lipinski definition) is 4. The van der Waals surface area contributed by atoms with E-state index in [0.717, 1.165) is 16.9 Å². The lowest BCUT2D eigenvalue weighted by atomic mass is 10.1. The first kappa shape index (κ1) is 19.6. The summed E-state index contributed by atoms with van der Waals surface area (Å²) >= 11 is 0. The van der Waals surface area contributed by atoms with Gasteiger partial charge in [-0.25, -0.2) is 4.98 Å². The van der Waals surface area contributed by atoms with Crippen LogP contribution in [0.25, 0.3) is 11.0 Å². The van der Waals surface area contributed by atoms with Gasteiger partial charge in [0, 0.05) is 18.7 Å². The number of fused-ring (bicyclic) bond motifs is 2. The molecule has 0 aliphatic carbocycles. The van der Waals surface area contributed by atoms with Crippen molar-refractivity contribution >= 4 is 40.1 Å². The van der Waals surface area contributed by atoms with Gasteiger partial charge in [-0.05, 0) is 30.3 Å². The maximum atomic E-state index is 12.6. The van der Waals surface area contributed by atoms with Crippen molar-refractivity contribution in [1.82, 2.24) is 14.9 Å². The molecular weight excluding hydrogens is 382 g/mol. The van der Waals surface area contributed by atoms with Gasteiger partial charge in [0.1, 0.15) is 11.9 Å². The van der Waals surface area contributed by atoms with E-state index < -0.39 is 17.9 Å². The molecule has 0 radical (unpaired) electrons. The van der Waals surface area contributed by atoms with Crippen LogP contribution < -0.4 is 16.0 Å². The molecule has 1 aromatic heterocycles. The molecule has 0 unspecified atom stereocenters. The van der Waals surface area contributed by atoms with Crippen LogP contribution in [0.4, 0.5) is 11.4 Å². The normalized spacial score (nSPS) is 16.1. The standard InChI is InChI=1S/C22H23N5O3/c1-12(2)20-24-16-10-13(8-9-18(16)27(20)3)23-19(28)11-17-22(30)25-15-7-5-4-6-14(15)21(29)26-17/h4-10,12,17H,11H2,1-3H3,(H,23,28)(H,25,30)(H,26,29)/t17-/m1/s1. The minimum absolute atomic E-state index is 0.178. The van der Waals surface area contributed by atoms with Gasteiger partial charge < -0.3 is 20.5 Å². The number of anilines is 2. The Morgan fingerprint density at radius 2 is 1.97 bits per heavy atom. The second kappa shape index (κ2) is 7.62. The summed E-state index contributed by atoms with van der Waals surface area (Å²) in [6.45, 7) is 4.16. The van der Waals surface area contributed by atoms with Gasteiger partial charge in [0.25, 0.3) is 5.91 Å². The van der Waals surface area contributed by atoms with Crippen LogP contribution in [0.2, 0.25) is 0 Å². The third-order valence-corrected chi connectivity index (χ3v) is 5.16. The average molecular weight is 405 g/mol. The number of imidazole rings is 1. The highest BCUT2D eigenvalue weighted by Gasteiger charge is 2.29. The van der Waals surface area contributed by atoms with E-state index in [-0.39, 0.29) is 18.2 Å². The molecule has 3 amide bonds. The summed E-state index contributed by atoms with van der Waals surface area (Å²) in [4.78, 5) is 42.1. The van der Waals surface area contributed by atoms with Crippen LogP contribution in [0, 0.1) is 0 Å². The quantitative estimate of drug-likeness (QED) is 0.621. The van der Waals surface area contributed by atoms with Crippen molar-refractivity contribution in [3.8, 4) is 0 Å². The maximum absolute atomic E-state index is 12.6. The third-order valence-electron chi connectivity index (χ3n) is 5.16. The Bertz CT molecular complexity index is 1160. The van der Waals surface area contributed by atoms with E-state index in [2.05, 4.69) is 34.8 Å². The molecule has 1 atom stereocenters. The van der Waals surface area contributed by atoms with Crippen molar-refractivity contribution in [3.05, 3.63) is 53.9 Å². The van der Waals surface area contributed by atoms with Gasteiger partial charge in [0.2, 0.25) is 11.8 Å². The molecule has 4 rings (SSSR count). The molecule has 8 heteroatoms. The molecule has 0 spiro atoms. The molecule has 30 heavy (non-hydrogen) atoms. The Labute approximate surface area is 173 Å². The molecule has 0 saturated carbocycles. The number of nitrogens with one attached hydrogen (secondary N) is 3. The highest BCUT2D eigenvalue weighted by atomic mass is 16.2. The molecule has 2 heterocycles. The van der Waals surface area contributed by atoms with Crippen molar-refractivity contribution in [2.24, 2.45) is 7.05 Å². The van der Waals surface area contributed by atoms with Crippen molar-refractivity contribution in [3.63, 3.8) is 0 Å². The predicted molar refractivity (Wildman–Crippen MR) is 114 cm³/mol. The first-order valence-electron chi connectivity index (χ1n) is 9.80. The van der Waals surface area contributed by atoms with Crippen LogP contribution in [0.1, 0.15) is 42.4 Å². The number of aromatic nitrogens is 2. The zero-order chi connectivity index (χ0) is 21.4. The highest BCUT2D eigenvalue weighted by molar-refractivity contribution is 6.11. The number of nitrogens with zero attached hydrogens (tertiary/aromatic N) is 2. The fourth-order valence-electron chi connectivity index (χ4n) is 3.67. The molecule has 0 saturated heterocycles. The van der Waals surface area contributed by atoms with Gasteiger partial charge in [-0.1, -0.05) is 26.0 Å². The summed E-state index contributed by atoms with van der Waals surface area (Å²) in [6, 6.07) is 11.3. The Morgan fingerprint density at radius 3 is 2.73 bits per heavy atom. The monoisotopic (exact) mass is 405 g/mol. The van der Waals surface area contributed by atoms with Crippen molar-refractivity contribution in [2.45, 2.75) is 32.2 Å². The minimum Gasteiger partial charge on any atom is -0.340 e. The molecule has 0 bridgehead atoms. The maximum Gasteiger partial charge on any atom is 0.254 e. The van der Waals surface area contributed by atoms with Crippen LogP contribution in [0.5, 0.6) is 0 Å². The Hall–Kier alpha value is -3.68. The van der Waals surface area contributed by atoms with Gasteiger partial charge in [0.05, 0.1) is 28.7 Å². The topological polar surface area (TPSA) is 105 Å². The lowest BCUT2D eigenvalue weighted by Gasteiger charge is -2.14. The van der Waals surface area contributed by atoms with Gasteiger partial charge in [-0.2, -0.15) is 0 Å². The number of rotatable bonds is 4. The van der Waals surface area contributed by atoms with Crippen LogP contribution in [0.15, 0.2) is 42.5 Å². The Morgan fingerprint density at radius 1 is 1.20 bits per heavy atom. The van der Waals surface area contributed by atoms with Gasteiger partial charge in [-0.15, -0.1) is 0 Å². The van der Waals surface area contributed by atoms with E-state index in [1.165, 1.54) is 0 Å². The second-order valence-electron chi connectivity index (χ2n) is 7.70. The summed E-state index contributed by atoms with van der Waals surface area (Å²) in [6.07, 6.45) is -0.178. The fraction of sp³-hybridized carbons (Fsp3) is 0.273. The lowest BCUT2D eigenvalue weighted by molar-refractivity contribution is -0.122. The molecule has 0 fully saturated rings. The predicted octanol–water partition coefficient (Wildman–Crippen LogP) is 2.78. The van der Waals surface area contributed by atoms with Gasteiger partial charge in [0.15, 0.2) is 0 Å². The molecule has 2 aromatic carbocycles. The zero-order valence-corrected chi connectivity index (χ0v) is 17.0. The SMILES string of the molecule is CC(C)c1nc2cc(NC(=O)C[C@H]3NC(=O)c4ccccc4NC3=O)ccc2n1C. The summed E-state index contributed by atoms with van der Waals surface area (Å²) in [5.74, 6) is 0.0525. The minimum atomic E-state index is -0.962. The van der Waals surface area contributed by atoms with Crippen molar-refractivity contribution in [2.75, 3.05) is 10.6 Å². The summed E-state index contributed by atoms with van der Waals surface area (Å²) in [5.41, 5.74) is 3.16. The molecule has 1 aliphatic heterocycles. The first-order chi connectivity index (χ1) is 14.3. The number of amides is 3. The smallest absolute Gasteiger partial charge is 0.254 e. The zero-order valence-electron chi connectivity index (χ0n) is 17.0. The highest BCUT2D eigenvalue weighted by Crippen LogP contribution is 2.24. The molecule has 3 aromatic rings. The average Bonchev–Trinajstić information content (AvgIpc) is 2.98. The lowest BCUT2D eigenvalue weighted by Crippen LogP contribution is -2.43. The molecule has 8 nitrogen and oxygen atoms in total. The number of hydrogen-bond donors (Lipinski definition) is 3. The largest absolute Gasteiger partial charge is 0.340 e. The van der Waals surface area contributed by atoms with E-state index in [9.17, 15) is 14.4 Å². The summed E-state index contributed by atoms with van der Waals surface area (Å²) in [7, 11) is 1.97.